The molecule has 1 aliphatic rings. The van der Waals surface area contributed by atoms with Crippen molar-refractivity contribution in [2.75, 3.05) is 50.6 Å². The second kappa shape index (κ2) is 10.8. The number of anilines is 2. The number of hydrogen-bond donors (Lipinski definition) is 2. The standard InChI is InChI=1S/C24H32N4O3/c1-4-31-22-10-6-5-9-20(22)26-24(30)23(29)25-17-21(28-15-7-8-16-28)18-11-13-19(14-12-18)27(2)3/h5-6,9-14,21H,4,7-8,15-17H2,1-3H3,(H,25,29)(H,26,30). The third-order valence-corrected chi connectivity index (χ3v) is 5.47. The fourth-order valence-corrected chi connectivity index (χ4v) is 3.81. The molecule has 2 aromatic rings. The molecule has 1 saturated heterocycles. The van der Waals surface area contributed by atoms with Gasteiger partial charge in [0.1, 0.15) is 5.75 Å². The molecule has 1 aliphatic heterocycles. The Labute approximate surface area is 184 Å². The molecule has 0 aliphatic carbocycles. The van der Waals surface area contributed by atoms with Crippen molar-refractivity contribution in [1.82, 2.24) is 10.2 Å². The summed E-state index contributed by atoms with van der Waals surface area (Å²) in [6.07, 6.45) is 2.30. The zero-order valence-electron chi connectivity index (χ0n) is 18.6. The maximum Gasteiger partial charge on any atom is 0.313 e. The number of para-hydroxylation sites is 2. The van der Waals surface area contributed by atoms with Crippen molar-refractivity contribution in [2.24, 2.45) is 0 Å². The van der Waals surface area contributed by atoms with E-state index in [1.54, 1.807) is 18.2 Å². The Kier molecular flexibility index (Phi) is 7.89. The highest BCUT2D eigenvalue weighted by Gasteiger charge is 2.25. The molecule has 166 valence electrons. The second-order valence-corrected chi connectivity index (χ2v) is 7.84. The van der Waals surface area contributed by atoms with Gasteiger partial charge in [0, 0.05) is 26.3 Å². The molecule has 1 unspecified atom stereocenters. The van der Waals surface area contributed by atoms with Gasteiger partial charge < -0.3 is 20.3 Å². The molecular weight excluding hydrogens is 392 g/mol. The lowest BCUT2D eigenvalue weighted by molar-refractivity contribution is -0.136. The van der Waals surface area contributed by atoms with E-state index < -0.39 is 11.8 Å². The van der Waals surface area contributed by atoms with E-state index in [1.807, 2.05) is 27.1 Å². The SMILES string of the molecule is CCOc1ccccc1NC(=O)C(=O)NCC(c1ccc(N(C)C)cc1)N1CCCC1. The van der Waals surface area contributed by atoms with Gasteiger partial charge in [-0.15, -0.1) is 0 Å². The minimum absolute atomic E-state index is 0.0335. The largest absolute Gasteiger partial charge is 0.492 e. The van der Waals surface area contributed by atoms with Gasteiger partial charge >= 0.3 is 11.8 Å². The van der Waals surface area contributed by atoms with E-state index in [9.17, 15) is 9.59 Å². The molecule has 3 rings (SSSR count). The summed E-state index contributed by atoms with van der Waals surface area (Å²) in [7, 11) is 4.02. The lowest BCUT2D eigenvalue weighted by Crippen LogP contribution is -2.41. The molecule has 31 heavy (non-hydrogen) atoms. The Hall–Kier alpha value is -3.06. The first-order valence-corrected chi connectivity index (χ1v) is 10.8. The Morgan fingerprint density at radius 1 is 1.03 bits per heavy atom. The molecule has 2 amide bonds. The predicted molar refractivity (Wildman–Crippen MR) is 124 cm³/mol. The summed E-state index contributed by atoms with van der Waals surface area (Å²) in [5, 5.41) is 5.48. The highest BCUT2D eigenvalue weighted by atomic mass is 16.5. The molecule has 2 N–H and O–H groups in total. The summed E-state index contributed by atoms with van der Waals surface area (Å²) in [5.74, 6) is -0.808. The first-order chi connectivity index (χ1) is 15.0. The quantitative estimate of drug-likeness (QED) is 0.637. The van der Waals surface area contributed by atoms with Gasteiger partial charge in [0.2, 0.25) is 0 Å². The van der Waals surface area contributed by atoms with Crippen molar-refractivity contribution in [3.8, 4) is 5.75 Å². The number of benzene rings is 2. The molecule has 0 radical (unpaired) electrons. The fourth-order valence-electron chi connectivity index (χ4n) is 3.81. The summed E-state index contributed by atoms with van der Waals surface area (Å²) < 4.78 is 5.51. The summed E-state index contributed by atoms with van der Waals surface area (Å²) in [4.78, 5) is 29.4. The van der Waals surface area contributed by atoms with Crippen LogP contribution in [0.2, 0.25) is 0 Å². The zero-order valence-corrected chi connectivity index (χ0v) is 18.6. The number of nitrogens with one attached hydrogen (secondary N) is 2. The number of likely N-dealkylation sites (tertiary alicyclic amines) is 1. The van der Waals surface area contributed by atoms with Crippen molar-refractivity contribution < 1.29 is 14.3 Å². The van der Waals surface area contributed by atoms with Crippen LogP contribution in [0, 0.1) is 0 Å². The van der Waals surface area contributed by atoms with Crippen LogP contribution in [-0.2, 0) is 9.59 Å². The summed E-state index contributed by atoms with van der Waals surface area (Å²) in [6, 6.07) is 15.5. The van der Waals surface area contributed by atoms with Gasteiger partial charge in [0.15, 0.2) is 0 Å². The van der Waals surface area contributed by atoms with Crippen LogP contribution in [0.5, 0.6) is 5.75 Å². The number of amides is 2. The molecule has 0 spiro atoms. The molecule has 1 heterocycles. The molecule has 1 fully saturated rings. The van der Waals surface area contributed by atoms with E-state index in [4.69, 9.17) is 4.74 Å². The Morgan fingerprint density at radius 3 is 2.35 bits per heavy atom. The molecule has 0 aromatic heterocycles. The van der Waals surface area contributed by atoms with Crippen molar-refractivity contribution in [3.63, 3.8) is 0 Å². The first-order valence-electron chi connectivity index (χ1n) is 10.8. The maximum absolute atomic E-state index is 12.5. The molecule has 0 bridgehead atoms. The van der Waals surface area contributed by atoms with Crippen LogP contribution in [0.15, 0.2) is 48.5 Å². The fraction of sp³-hybridized carbons (Fsp3) is 0.417. The highest BCUT2D eigenvalue weighted by molar-refractivity contribution is 6.39. The van der Waals surface area contributed by atoms with Gasteiger partial charge in [-0.2, -0.15) is 0 Å². The number of hydrogen-bond acceptors (Lipinski definition) is 5. The van der Waals surface area contributed by atoms with Gasteiger partial charge in [-0.05, 0) is 62.7 Å². The van der Waals surface area contributed by atoms with E-state index >= 15 is 0 Å². The molecule has 7 heteroatoms. The molecule has 0 saturated carbocycles. The minimum Gasteiger partial charge on any atom is -0.492 e. The lowest BCUT2D eigenvalue weighted by atomic mass is 10.0. The van der Waals surface area contributed by atoms with Gasteiger partial charge in [-0.3, -0.25) is 14.5 Å². The van der Waals surface area contributed by atoms with Crippen molar-refractivity contribution >= 4 is 23.2 Å². The Bertz CT molecular complexity index is 877. The van der Waals surface area contributed by atoms with Crippen LogP contribution in [0.3, 0.4) is 0 Å². The number of nitrogens with zero attached hydrogens (tertiary/aromatic N) is 2. The lowest BCUT2D eigenvalue weighted by Gasteiger charge is -2.28. The van der Waals surface area contributed by atoms with Crippen LogP contribution in [-0.4, -0.2) is 57.1 Å². The predicted octanol–water partition coefficient (Wildman–Crippen LogP) is 3.04. The maximum atomic E-state index is 12.5. The third-order valence-electron chi connectivity index (χ3n) is 5.47. The van der Waals surface area contributed by atoms with Crippen LogP contribution in [0.1, 0.15) is 31.4 Å². The second-order valence-electron chi connectivity index (χ2n) is 7.84. The third kappa shape index (κ3) is 5.98. The Morgan fingerprint density at radius 2 is 1.71 bits per heavy atom. The van der Waals surface area contributed by atoms with E-state index in [1.165, 1.54) is 0 Å². The molecule has 1 atom stereocenters. The van der Waals surface area contributed by atoms with Crippen molar-refractivity contribution in [1.29, 1.82) is 0 Å². The Balaban J connectivity index is 1.65. The summed E-state index contributed by atoms with van der Waals surface area (Å²) >= 11 is 0. The van der Waals surface area contributed by atoms with Gasteiger partial charge in [0.05, 0.1) is 18.3 Å². The normalized spacial score (nSPS) is 14.7. The van der Waals surface area contributed by atoms with Crippen LogP contribution >= 0.6 is 0 Å². The van der Waals surface area contributed by atoms with Gasteiger partial charge in [-0.1, -0.05) is 24.3 Å². The number of carbonyl (C=O) groups excluding carboxylic acids is 2. The number of carbonyl (C=O) groups is 2. The zero-order chi connectivity index (χ0) is 22.2. The molecule has 2 aromatic carbocycles. The van der Waals surface area contributed by atoms with E-state index in [0.29, 0.717) is 24.6 Å². The van der Waals surface area contributed by atoms with E-state index in [0.717, 1.165) is 37.2 Å². The minimum atomic E-state index is -0.699. The van der Waals surface area contributed by atoms with Crippen LogP contribution in [0.25, 0.3) is 0 Å². The molecule has 7 nitrogen and oxygen atoms in total. The van der Waals surface area contributed by atoms with Gasteiger partial charge in [-0.25, -0.2) is 0 Å². The first kappa shape index (κ1) is 22.6. The summed E-state index contributed by atoms with van der Waals surface area (Å²) in [5.41, 5.74) is 2.75. The van der Waals surface area contributed by atoms with Crippen LogP contribution < -0.4 is 20.3 Å². The smallest absolute Gasteiger partial charge is 0.313 e. The average molecular weight is 425 g/mol. The van der Waals surface area contributed by atoms with Crippen molar-refractivity contribution in [3.05, 3.63) is 54.1 Å². The summed E-state index contributed by atoms with van der Waals surface area (Å²) in [6.45, 7) is 4.70. The number of ether oxygens (including phenoxy) is 1. The topological polar surface area (TPSA) is 73.9 Å². The van der Waals surface area contributed by atoms with E-state index in [-0.39, 0.29) is 6.04 Å². The van der Waals surface area contributed by atoms with Crippen molar-refractivity contribution in [2.45, 2.75) is 25.8 Å². The molecular formula is C24H32N4O3. The van der Waals surface area contributed by atoms with Crippen LogP contribution in [0.4, 0.5) is 11.4 Å². The number of rotatable bonds is 8. The van der Waals surface area contributed by atoms with E-state index in [2.05, 4.69) is 44.7 Å². The van der Waals surface area contributed by atoms with Gasteiger partial charge in [0.25, 0.3) is 0 Å². The highest BCUT2D eigenvalue weighted by Crippen LogP contribution is 2.26. The average Bonchev–Trinajstić information content (AvgIpc) is 3.30. The monoisotopic (exact) mass is 424 g/mol.